The maximum Gasteiger partial charge on any atom is 0.314 e. The van der Waals surface area contributed by atoms with Gasteiger partial charge in [0.05, 0.1) is 24.7 Å². The average Bonchev–Trinajstić information content (AvgIpc) is 2.78. The van der Waals surface area contributed by atoms with Gasteiger partial charge in [-0.05, 0) is 37.3 Å². The molecule has 0 radical (unpaired) electrons. The number of hydrogen-bond donors (Lipinski definition) is 2. The highest BCUT2D eigenvalue weighted by Gasteiger charge is 2.44. The van der Waals surface area contributed by atoms with Crippen LogP contribution in [0.5, 0.6) is 11.5 Å². The van der Waals surface area contributed by atoms with E-state index in [0.717, 1.165) is 5.70 Å². The van der Waals surface area contributed by atoms with Crippen LogP contribution in [0, 0.1) is 15.5 Å². The van der Waals surface area contributed by atoms with Gasteiger partial charge in [-0.1, -0.05) is 13.8 Å². The predicted molar refractivity (Wildman–Crippen MR) is 127 cm³/mol. The van der Waals surface area contributed by atoms with Crippen LogP contribution in [-0.4, -0.2) is 59.5 Å². The third-order valence-electron chi connectivity index (χ3n) is 6.68. The first-order chi connectivity index (χ1) is 16.5. The third-order valence-corrected chi connectivity index (χ3v) is 6.68. The Morgan fingerprint density at radius 1 is 1.31 bits per heavy atom. The smallest absolute Gasteiger partial charge is 0.314 e. The number of aromatic hydroxyl groups is 1. The second-order valence-electron chi connectivity index (χ2n) is 9.91. The molecule has 0 aromatic heterocycles. The van der Waals surface area contributed by atoms with Crippen LogP contribution >= 0.6 is 0 Å². The highest BCUT2D eigenvalue weighted by Crippen LogP contribution is 2.49. The molecule has 4 rings (SSSR count). The molecular weight excluding hydrogens is 454 g/mol. The normalized spacial score (nSPS) is 22.0. The second kappa shape index (κ2) is 9.33. The number of benzene rings is 1. The maximum atomic E-state index is 13.8. The first-order valence-corrected chi connectivity index (χ1v) is 11.8. The van der Waals surface area contributed by atoms with Gasteiger partial charge in [0, 0.05) is 54.0 Å². The molecule has 1 atom stereocenters. The molecule has 1 aromatic carbocycles. The van der Waals surface area contributed by atoms with E-state index < -0.39 is 22.3 Å². The summed E-state index contributed by atoms with van der Waals surface area (Å²) in [4.78, 5) is 40.0. The van der Waals surface area contributed by atoms with Crippen molar-refractivity contribution < 1.29 is 29.1 Å². The van der Waals surface area contributed by atoms with E-state index in [0.29, 0.717) is 61.6 Å². The summed E-state index contributed by atoms with van der Waals surface area (Å²) >= 11 is 0. The van der Waals surface area contributed by atoms with E-state index in [-0.39, 0.29) is 29.5 Å². The third kappa shape index (κ3) is 4.62. The summed E-state index contributed by atoms with van der Waals surface area (Å²) in [5, 5.41) is 25.5. The lowest BCUT2D eigenvalue weighted by atomic mass is 9.68. The van der Waals surface area contributed by atoms with Crippen LogP contribution in [0.1, 0.15) is 52.0 Å². The Balaban J connectivity index is 1.93. The standard InChI is InChI=1S/C25H31N3O7/c1-5-35-19-11-15(10-17(23(19)30)28(32)33)21-20(24(31)27-6-8-34-9-7-27)14(2)26-16-12-25(3,4)13-18(29)22(16)21/h10-11,21,26,30H,5-9,12-13H2,1-4H3/t21-/m1/s1. The summed E-state index contributed by atoms with van der Waals surface area (Å²) in [5.41, 5.74) is 1.68. The molecule has 2 aliphatic heterocycles. The van der Waals surface area contributed by atoms with Gasteiger partial charge in [0.25, 0.3) is 5.91 Å². The fourth-order valence-corrected chi connectivity index (χ4v) is 5.17. The molecule has 0 unspecified atom stereocenters. The summed E-state index contributed by atoms with van der Waals surface area (Å²) < 4.78 is 10.9. The first kappa shape index (κ1) is 24.7. The number of rotatable bonds is 5. The van der Waals surface area contributed by atoms with Crippen LogP contribution in [0.3, 0.4) is 0 Å². The summed E-state index contributed by atoms with van der Waals surface area (Å²) in [6.45, 7) is 9.34. The zero-order chi connectivity index (χ0) is 25.5. The number of dihydropyridines is 1. The number of allylic oxidation sites excluding steroid dienone is 3. The van der Waals surface area contributed by atoms with Crippen molar-refractivity contribution in [1.29, 1.82) is 0 Å². The van der Waals surface area contributed by atoms with Crippen molar-refractivity contribution in [2.24, 2.45) is 5.41 Å². The predicted octanol–water partition coefficient (Wildman–Crippen LogP) is 3.16. The first-order valence-electron chi connectivity index (χ1n) is 11.8. The van der Waals surface area contributed by atoms with E-state index in [1.807, 2.05) is 13.8 Å². The molecule has 0 bridgehead atoms. The van der Waals surface area contributed by atoms with Crippen LogP contribution in [0.25, 0.3) is 0 Å². The number of phenolic OH excluding ortho intramolecular Hbond substituents is 1. The summed E-state index contributed by atoms with van der Waals surface area (Å²) in [7, 11) is 0. The number of nitrogens with one attached hydrogen (secondary N) is 1. The molecule has 0 spiro atoms. The van der Waals surface area contributed by atoms with E-state index in [2.05, 4.69) is 5.32 Å². The number of nitrogens with zero attached hydrogens (tertiary/aromatic N) is 2. The molecule has 10 heteroatoms. The summed E-state index contributed by atoms with van der Waals surface area (Å²) in [6.07, 6.45) is 0.889. The molecule has 3 aliphatic rings. The lowest BCUT2D eigenvalue weighted by Crippen LogP contribution is -2.45. The van der Waals surface area contributed by atoms with Gasteiger partial charge in [0.1, 0.15) is 0 Å². The Morgan fingerprint density at radius 2 is 2.00 bits per heavy atom. The maximum absolute atomic E-state index is 13.8. The number of nitro benzene ring substituents is 1. The number of ketones is 1. The fraction of sp³-hybridized carbons (Fsp3) is 0.520. The number of nitro groups is 1. The molecule has 35 heavy (non-hydrogen) atoms. The second-order valence-corrected chi connectivity index (χ2v) is 9.91. The molecule has 1 saturated heterocycles. The zero-order valence-electron chi connectivity index (χ0n) is 20.5. The van der Waals surface area contributed by atoms with Gasteiger partial charge in [-0.2, -0.15) is 0 Å². The number of carbonyl (C=O) groups excluding carboxylic acids is 2. The van der Waals surface area contributed by atoms with Gasteiger partial charge < -0.3 is 24.8 Å². The van der Waals surface area contributed by atoms with E-state index in [1.165, 1.54) is 12.1 Å². The number of amides is 1. The van der Waals surface area contributed by atoms with Gasteiger partial charge in [0.2, 0.25) is 5.75 Å². The van der Waals surface area contributed by atoms with Crippen LogP contribution in [-0.2, 0) is 14.3 Å². The van der Waals surface area contributed by atoms with E-state index in [4.69, 9.17) is 9.47 Å². The monoisotopic (exact) mass is 485 g/mol. The minimum atomic E-state index is -0.830. The minimum absolute atomic E-state index is 0.0585. The van der Waals surface area contributed by atoms with Crippen molar-refractivity contribution in [1.82, 2.24) is 10.2 Å². The SMILES string of the molecule is CCOc1cc([C@@H]2C(C(=O)N3CCOCC3)=C(C)NC3=C2C(=O)CC(C)(C)C3)cc([N+](=O)[O-])c1O. The number of morpholine rings is 1. The lowest BCUT2D eigenvalue weighted by Gasteiger charge is -2.41. The quantitative estimate of drug-likeness (QED) is 0.480. The molecule has 0 saturated carbocycles. The number of carbonyl (C=O) groups is 2. The van der Waals surface area contributed by atoms with Gasteiger partial charge >= 0.3 is 5.69 Å². The molecule has 1 aromatic rings. The molecule has 10 nitrogen and oxygen atoms in total. The van der Waals surface area contributed by atoms with Crippen LogP contribution in [0.15, 0.2) is 34.7 Å². The molecule has 1 fully saturated rings. The number of hydrogen-bond acceptors (Lipinski definition) is 8. The number of phenols is 1. The molecule has 2 N–H and O–H groups in total. The highest BCUT2D eigenvalue weighted by molar-refractivity contribution is 6.05. The van der Waals surface area contributed by atoms with Crippen molar-refractivity contribution >= 4 is 17.4 Å². The van der Waals surface area contributed by atoms with E-state index >= 15 is 0 Å². The molecular formula is C25H31N3O7. The molecule has 2 heterocycles. The van der Waals surface area contributed by atoms with Gasteiger partial charge in [-0.25, -0.2) is 0 Å². The van der Waals surface area contributed by atoms with Crippen LogP contribution in [0.2, 0.25) is 0 Å². The van der Waals surface area contributed by atoms with E-state index in [9.17, 15) is 24.8 Å². The Morgan fingerprint density at radius 3 is 2.63 bits per heavy atom. The zero-order valence-corrected chi connectivity index (χ0v) is 20.5. The number of Topliss-reactive ketones (excluding diaryl/α,β-unsaturated/α-hetero) is 1. The molecule has 1 amide bonds. The largest absolute Gasteiger partial charge is 0.500 e. The minimum Gasteiger partial charge on any atom is -0.500 e. The lowest BCUT2D eigenvalue weighted by molar-refractivity contribution is -0.386. The van der Waals surface area contributed by atoms with Crippen molar-refractivity contribution in [3.05, 3.63) is 50.4 Å². The van der Waals surface area contributed by atoms with Crippen molar-refractivity contribution in [3.63, 3.8) is 0 Å². The molecule has 188 valence electrons. The van der Waals surface area contributed by atoms with Gasteiger partial charge in [-0.3, -0.25) is 19.7 Å². The fourth-order valence-electron chi connectivity index (χ4n) is 5.17. The Hall–Kier alpha value is -3.40. The molecule has 1 aliphatic carbocycles. The Labute approximate surface area is 203 Å². The average molecular weight is 486 g/mol. The van der Waals surface area contributed by atoms with Crippen LogP contribution in [0.4, 0.5) is 5.69 Å². The highest BCUT2D eigenvalue weighted by atomic mass is 16.6. The topological polar surface area (TPSA) is 131 Å². The van der Waals surface area contributed by atoms with Crippen molar-refractivity contribution in [2.45, 2.75) is 46.5 Å². The van der Waals surface area contributed by atoms with Gasteiger partial charge in [-0.15, -0.1) is 0 Å². The van der Waals surface area contributed by atoms with Crippen molar-refractivity contribution in [2.75, 3.05) is 32.9 Å². The summed E-state index contributed by atoms with van der Waals surface area (Å²) in [5.74, 6) is -1.83. The van der Waals surface area contributed by atoms with Crippen LogP contribution < -0.4 is 10.1 Å². The van der Waals surface area contributed by atoms with Gasteiger partial charge in [0.15, 0.2) is 11.5 Å². The van der Waals surface area contributed by atoms with Crippen molar-refractivity contribution in [3.8, 4) is 11.5 Å². The summed E-state index contributed by atoms with van der Waals surface area (Å²) in [6, 6.07) is 2.74. The Kier molecular flexibility index (Phi) is 6.59. The van der Waals surface area contributed by atoms with E-state index in [1.54, 1.807) is 18.7 Å². The number of ether oxygens (including phenoxy) is 2. The Bertz CT molecular complexity index is 1150.